The fourth-order valence-corrected chi connectivity index (χ4v) is 2.02. The van der Waals surface area contributed by atoms with Crippen molar-refractivity contribution >= 4 is 5.82 Å². The van der Waals surface area contributed by atoms with Crippen molar-refractivity contribution in [2.24, 2.45) is 0 Å². The lowest BCUT2D eigenvalue weighted by Crippen LogP contribution is -2.34. The van der Waals surface area contributed by atoms with Crippen LogP contribution in [0.25, 0.3) is 0 Å². The van der Waals surface area contributed by atoms with Gasteiger partial charge in [-0.05, 0) is 20.8 Å². The number of nitrogens with two attached hydrogens (primary N) is 1. The predicted octanol–water partition coefficient (Wildman–Crippen LogP) is 2.73. The van der Waals surface area contributed by atoms with Crippen LogP contribution in [0, 0.1) is 0 Å². The normalized spacial score (nSPS) is 20.8. The van der Waals surface area contributed by atoms with Crippen molar-refractivity contribution in [2.75, 3.05) is 5.73 Å². The van der Waals surface area contributed by atoms with Crippen LogP contribution in [-0.2, 0) is 5.54 Å². The van der Waals surface area contributed by atoms with Gasteiger partial charge in [-0.2, -0.15) is 5.10 Å². The Kier molecular flexibility index (Phi) is 2.26. The Bertz CT molecular complexity index is 396. The monoisotopic (exact) mass is 229 g/mol. The van der Waals surface area contributed by atoms with E-state index in [1.54, 1.807) is 10.7 Å². The van der Waals surface area contributed by atoms with E-state index in [4.69, 9.17) is 5.73 Å². The molecule has 0 aliphatic heterocycles. The molecule has 5 heteroatoms. The molecule has 1 aromatic rings. The molecule has 0 amide bonds. The standard InChI is InChI=1S/C11H17F2N3/c1-10(2,3)16-9(14)4-8(15-16)7-5-11(12,13)6-7/h4,7H,5-6,14H2,1-3H3. The number of nitrogens with zero attached hydrogens (tertiary/aromatic N) is 2. The Balaban J connectivity index is 2.20. The van der Waals surface area contributed by atoms with Crippen molar-refractivity contribution in [3.8, 4) is 0 Å². The molecule has 3 nitrogen and oxygen atoms in total. The lowest BCUT2D eigenvalue weighted by Gasteiger charge is -2.33. The maximum absolute atomic E-state index is 12.7. The van der Waals surface area contributed by atoms with Gasteiger partial charge < -0.3 is 5.73 Å². The molecule has 1 aromatic heterocycles. The van der Waals surface area contributed by atoms with Crippen LogP contribution >= 0.6 is 0 Å². The van der Waals surface area contributed by atoms with Crippen molar-refractivity contribution in [1.82, 2.24) is 9.78 Å². The summed E-state index contributed by atoms with van der Waals surface area (Å²) >= 11 is 0. The summed E-state index contributed by atoms with van der Waals surface area (Å²) in [5.41, 5.74) is 6.30. The predicted molar refractivity (Wildman–Crippen MR) is 58.6 cm³/mol. The number of rotatable bonds is 1. The van der Waals surface area contributed by atoms with Gasteiger partial charge in [-0.25, -0.2) is 13.5 Å². The summed E-state index contributed by atoms with van der Waals surface area (Å²) in [4.78, 5) is 0. The van der Waals surface area contributed by atoms with Gasteiger partial charge in [0.25, 0.3) is 0 Å². The van der Waals surface area contributed by atoms with Crippen LogP contribution in [0.2, 0.25) is 0 Å². The highest BCUT2D eigenvalue weighted by molar-refractivity contribution is 5.34. The lowest BCUT2D eigenvalue weighted by atomic mass is 9.79. The number of nitrogen functional groups attached to an aromatic ring is 1. The van der Waals surface area contributed by atoms with Crippen LogP contribution in [0.3, 0.4) is 0 Å². The van der Waals surface area contributed by atoms with Crippen molar-refractivity contribution < 1.29 is 8.78 Å². The topological polar surface area (TPSA) is 43.8 Å². The summed E-state index contributed by atoms with van der Waals surface area (Å²) in [7, 11) is 0. The van der Waals surface area contributed by atoms with Crippen molar-refractivity contribution in [3.63, 3.8) is 0 Å². The minimum atomic E-state index is -2.51. The lowest BCUT2D eigenvalue weighted by molar-refractivity contribution is -0.0877. The zero-order chi connectivity index (χ0) is 12.1. The van der Waals surface area contributed by atoms with Crippen LogP contribution in [0.15, 0.2) is 6.07 Å². The molecular weight excluding hydrogens is 212 g/mol. The van der Waals surface area contributed by atoms with Crippen LogP contribution in [0.4, 0.5) is 14.6 Å². The molecule has 1 heterocycles. The second kappa shape index (κ2) is 3.18. The molecule has 0 aromatic carbocycles. The van der Waals surface area contributed by atoms with Gasteiger partial charge >= 0.3 is 0 Å². The van der Waals surface area contributed by atoms with E-state index in [-0.39, 0.29) is 24.3 Å². The molecule has 2 N–H and O–H groups in total. The number of aromatic nitrogens is 2. The van der Waals surface area contributed by atoms with Crippen molar-refractivity contribution in [1.29, 1.82) is 0 Å². The van der Waals surface area contributed by atoms with Gasteiger partial charge in [-0.3, -0.25) is 0 Å². The zero-order valence-electron chi connectivity index (χ0n) is 9.80. The summed E-state index contributed by atoms with van der Waals surface area (Å²) in [5, 5.41) is 4.33. The molecule has 0 atom stereocenters. The number of anilines is 1. The first-order chi connectivity index (χ1) is 7.19. The molecule has 1 saturated carbocycles. The maximum Gasteiger partial charge on any atom is 0.249 e. The molecular formula is C11H17F2N3. The molecule has 90 valence electrons. The third-order valence-corrected chi connectivity index (χ3v) is 2.90. The molecule has 0 saturated heterocycles. The second-order valence-electron chi connectivity index (χ2n) is 5.54. The molecule has 2 rings (SSSR count). The highest BCUT2D eigenvalue weighted by Gasteiger charge is 2.47. The minimum Gasteiger partial charge on any atom is -0.384 e. The second-order valence-corrected chi connectivity index (χ2v) is 5.54. The van der Waals surface area contributed by atoms with E-state index < -0.39 is 5.92 Å². The Morgan fingerprint density at radius 1 is 1.44 bits per heavy atom. The first-order valence-electron chi connectivity index (χ1n) is 5.43. The smallest absolute Gasteiger partial charge is 0.249 e. The Morgan fingerprint density at radius 2 is 2.00 bits per heavy atom. The van der Waals surface area contributed by atoms with E-state index in [0.29, 0.717) is 11.5 Å². The Morgan fingerprint density at radius 3 is 2.38 bits per heavy atom. The molecule has 16 heavy (non-hydrogen) atoms. The summed E-state index contributed by atoms with van der Waals surface area (Å²) in [6.07, 6.45) is -0.207. The number of hydrogen-bond donors (Lipinski definition) is 1. The van der Waals surface area contributed by atoms with Gasteiger partial charge in [0, 0.05) is 24.8 Å². The van der Waals surface area contributed by atoms with Gasteiger partial charge in [0.05, 0.1) is 11.2 Å². The third kappa shape index (κ3) is 1.90. The van der Waals surface area contributed by atoms with E-state index >= 15 is 0 Å². The summed E-state index contributed by atoms with van der Waals surface area (Å²) < 4.78 is 27.2. The fourth-order valence-electron chi connectivity index (χ4n) is 2.02. The van der Waals surface area contributed by atoms with Crippen molar-refractivity contribution in [2.45, 2.75) is 51.0 Å². The van der Waals surface area contributed by atoms with E-state index in [2.05, 4.69) is 5.10 Å². The first-order valence-corrected chi connectivity index (χ1v) is 5.43. The highest BCUT2D eigenvalue weighted by atomic mass is 19.3. The van der Waals surface area contributed by atoms with Gasteiger partial charge in [-0.15, -0.1) is 0 Å². The molecule has 0 radical (unpaired) electrons. The summed E-state index contributed by atoms with van der Waals surface area (Å²) in [5.74, 6) is -2.11. The van der Waals surface area contributed by atoms with Crippen LogP contribution in [0.1, 0.15) is 45.2 Å². The average molecular weight is 229 g/mol. The minimum absolute atomic E-state index is 0.104. The third-order valence-electron chi connectivity index (χ3n) is 2.90. The molecule has 0 bridgehead atoms. The highest BCUT2D eigenvalue weighted by Crippen LogP contribution is 2.48. The van der Waals surface area contributed by atoms with E-state index in [0.717, 1.165) is 0 Å². The van der Waals surface area contributed by atoms with E-state index in [9.17, 15) is 8.78 Å². The molecule has 1 aliphatic rings. The van der Waals surface area contributed by atoms with E-state index in [1.165, 1.54) is 0 Å². The SMILES string of the molecule is CC(C)(C)n1nc(C2CC(F)(F)C2)cc1N. The zero-order valence-corrected chi connectivity index (χ0v) is 9.80. The number of alkyl halides is 2. The Labute approximate surface area is 93.6 Å². The molecule has 1 fully saturated rings. The van der Waals surface area contributed by atoms with Crippen LogP contribution in [-0.4, -0.2) is 15.7 Å². The van der Waals surface area contributed by atoms with Gasteiger partial charge in [-0.1, -0.05) is 0 Å². The van der Waals surface area contributed by atoms with Crippen LogP contribution in [0.5, 0.6) is 0 Å². The quantitative estimate of drug-likeness (QED) is 0.804. The van der Waals surface area contributed by atoms with Crippen LogP contribution < -0.4 is 5.73 Å². The Hall–Kier alpha value is -1.13. The number of halogens is 2. The molecule has 1 aliphatic carbocycles. The molecule has 0 unspecified atom stereocenters. The largest absolute Gasteiger partial charge is 0.384 e. The average Bonchev–Trinajstić information content (AvgIpc) is 2.41. The van der Waals surface area contributed by atoms with E-state index in [1.807, 2.05) is 20.8 Å². The molecule has 0 spiro atoms. The van der Waals surface area contributed by atoms with Gasteiger partial charge in [0.15, 0.2) is 0 Å². The van der Waals surface area contributed by atoms with Crippen molar-refractivity contribution in [3.05, 3.63) is 11.8 Å². The fraction of sp³-hybridized carbons (Fsp3) is 0.727. The first kappa shape index (κ1) is 11.4. The summed E-state index contributed by atoms with van der Waals surface area (Å²) in [6, 6.07) is 1.71. The van der Waals surface area contributed by atoms with Gasteiger partial charge in [0.2, 0.25) is 5.92 Å². The number of hydrogen-bond acceptors (Lipinski definition) is 2. The van der Waals surface area contributed by atoms with Gasteiger partial charge in [0.1, 0.15) is 5.82 Å². The maximum atomic E-state index is 12.7. The summed E-state index contributed by atoms with van der Waals surface area (Å²) in [6.45, 7) is 5.94.